The van der Waals surface area contributed by atoms with Gasteiger partial charge in [0.15, 0.2) is 0 Å². The lowest BCUT2D eigenvalue weighted by molar-refractivity contribution is 0.541. The Kier molecular flexibility index (Phi) is 2.69. The molecule has 0 saturated carbocycles. The van der Waals surface area contributed by atoms with E-state index in [-0.39, 0.29) is 11.0 Å². The van der Waals surface area contributed by atoms with Gasteiger partial charge in [-0.25, -0.2) is 4.68 Å². The van der Waals surface area contributed by atoms with Crippen LogP contribution in [0.2, 0.25) is 0 Å². The summed E-state index contributed by atoms with van der Waals surface area (Å²) in [5.74, 6) is 0. The van der Waals surface area contributed by atoms with Crippen LogP contribution in [-0.2, 0) is 12.0 Å². The standard InChI is InChI=1S/C11H18N2O/c1-8(2)7-13-10(14)6-9(12-13)11(3,4)5/h6,12H,1,7H2,2-5H3. The number of hydrogen-bond donors (Lipinski definition) is 1. The lowest BCUT2D eigenvalue weighted by atomic mass is 9.93. The molecule has 1 heterocycles. The smallest absolute Gasteiger partial charge is 0.267 e. The fourth-order valence-corrected chi connectivity index (χ4v) is 1.21. The van der Waals surface area contributed by atoms with Crippen molar-refractivity contribution in [3.05, 3.63) is 34.3 Å². The van der Waals surface area contributed by atoms with Crippen molar-refractivity contribution in [2.24, 2.45) is 0 Å². The van der Waals surface area contributed by atoms with Gasteiger partial charge in [0.05, 0.1) is 6.54 Å². The molecule has 3 nitrogen and oxygen atoms in total. The molecule has 1 aromatic heterocycles. The molecule has 0 unspecified atom stereocenters. The molecule has 3 heteroatoms. The molecule has 0 atom stereocenters. The number of rotatable bonds is 2. The molecule has 0 bridgehead atoms. The van der Waals surface area contributed by atoms with Crippen LogP contribution in [0, 0.1) is 0 Å². The van der Waals surface area contributed by atoms with Crippen LogP contribution in [0.25, 0.3) is 0 Å². The van der Waals surface area contributed by atoms with Gasteiger partial charge in [-0.3, -0.25) is 9.89 Å². The highest BCUT2D eigenvalue weighted by Crippen LogP contribution is 2.18. The van der Waals surface area contributed by atoms with Gasteiger partial charge in [-0.15, -0.1) is 0 Å². The van der Waals surface area contributed by atoms with Crippen molar-refractivity contribution in [3.63, 3.8) is 0 Å². The van der Waals surface area contributed by atoms with E-state index in [0.29, 0.717) is 6.54 Å². The van der Waals surface area contributed by atoms with Crippen LogP contribution in [0.4, 0.5) is 0 Å². The maximum atomic E-state index is 11.5. The Morgan fingerprint density at radius 3 is 2.50 bits per heavy atom. The third-order valence-corrected chi connectivity index (χ3v) is 2.03. The zero-order valence-corrected chi connectivity index (χ0v) is 9.35. The minimum Gasteiger partial charge on any atom is -0.299 e. The molecule has 0 saturated heterocycles. The van der Waals surface area contributed by atoms with Crippen molar-refractivity contribution in [1.82, 2.24) is 9.78 Å². The summed E-state index contributed by atoms with van der Waals surface area (Å²) in [7, 11) is 0. The van der Waals surface area contributed by atoms with Gasteiger partial charge in [-0.2, -0.15) is 0 Å². The van der Waals surface area contributed by atoms with Gasteiger partial charge >= 0.3 is 0 Å². The van der Waals surface area contributed by atoms with Crippen molar-refractivity contribution >= 4 is 0 Å². The van der Waals surface area contributed by atoms with Crippen molar-refractivity contribution in [2.45, 2.75) is 39.7 Å². The van der Waals surface area contributed by atoms with E-state index in [9.17, 15) is 4.79 Å². The van der Waals surface area contributed by atoms with E-state index in [0.717, 1.165) is 11.3 Å². The monoisotopic (exact) mass is 194 g/mol. The molecule has 0 aromatic carbocycles. The quantitative estimate of drug-likeness (QED) is 0.719. The van der Waals surface area contributed by atoms with Gasteiger partial charge in [0.1, 0.15) is 0 Å². The van der Waals surface area contributed by atoms with Crippen LogP contribution in [-0.4, -0.2) is 9.78 Å². The second kappa shape index (κ2) is 3.48. The highest BCUT2D eigenvalue weighted by molar-refractivity contribution is 5.11. The fraction of sp³-hybridized carbons (Fsp3) is 0.545. The van der Waals surface area contributed by atoms with Crippen molar-refractivity contribution in [1.29, 1.82) is 0 Å². The number of aromatic nitrogens is 2. The predicted molar refractivity (Wildman–Crippen MR) is 58.6 cm³/mol. The summed E-state index contributed by atoms with van der Waals surface area (Å²) in [6.07, 6.45) is 0. The Morgan fingerprint density at radius 2 is 2.14 bits per heavy atom. The van der Waals surface area contributed by atoms with Crippen molar-refractivity contribution < 1.29 is 0 Å². The molecule has 1 N–H and O–H groups in total. The highest BCUT2D eigenvalue weighted by Gasteiger charge is 2.17. The molecular weight excluding hydrogens is 176 g/mol. The SMILES string of the molecule is C=C(C)Cn1[nH]c(C(C)(C)C)cc1=O. The molecule has 0 amide bonds. The Bertz CT molecular complexity index is 390. The summed E-state index contributed by atoms with van der Waals surface area (Å²) in [6, 6.07) is 1.66. The summed E-state index contributed by atoms with van der Waals surface area (Å²) in [5.41, 5.74) is 1.93. The molecule has 1 rings (SSSR count). The number of allylic oxidation sites excluding steroid dienone is 1. The second-order valence-electron chi connectivity index (χ2n) is 4.80. The van der Waals surface area contributed by atoms with Gasteiger partial charge < -0.3 is 0 Å². The average molecular weight is 194 g/mol. The fourth-order valence-electron chi connectivity index (χ4n) is 1.21. The number of aromatic amines is 1. The van der Waals surface area contributed by atoms with E-state index < -0.39 is 0 Å². The Morgan fingerprint density at radius 1 is 1.57 bits per heavy atom. The first kappa shape index (κ1) is 10.8. The zero-order valence-electron chi connectivity index (χ0n) is 9.35. The van der Waals surface area contributed by atoms with E-state index in [1.54, 1.807) is 10.7 Å². The molecule has 1 aromatic rings. The number of nitrogens with zero attached hydrogens (tertiary/aromatic N) is 1. The maximum Gasteiger partial charge on any atom is 0.267 e. The van der Waals surface area contributed by atoms with Crippen LogP contribution < -0.4 is 5.56 Å². The normalized spacial score (nSPS) is 11.7. The lowest BCUT2D eigenvalue weighted by Crippen LogP contribution is -2.16. The van der Waals surface area contributed by atoms with Gasteiger partial charge in [0.25, 0.3) is 5.56 Å². The molecule has 78 valence electrons. The number of nitrogens with one attached hydrogen (secondary N) is 1. The summed E-state index contributed by atoms with van der Waals surface area (Å²) >= 11 is 0. The zero-order chi connectivity index (χ0) is 10.9. The first-order valence-corrected chi connectivity index (χ1v) is 4.75. The van der Waals surface area contributed by atoms with Crippen LogP contribution in [0.3, 0.4) is 0 Å². The van der Waals surface area contributed by atoms with Gasteiger partial charge in [0, 0.05) is 17.2 Å². The Labute approximate surface area is 84.4 Å². The summed E-state index contributed by atoms with van der Waals surface area (Å²) < 4.78 is 1.59. The Hall–Kier alpha value is -1.25. The first-order valence-electron chi connectivity index (χ1n) is 4.75. The minimum absolute atomic E-state index is 0.0120. The van der Waals surface area contributed by atoms with Gasteiger partial charge in [-0.05, 0) is 6.92 Å². The lowest BCUT2D eigenvalue weighted by Gasteiger charge is -2.15. The molecule has 14 heavy (non-hydrogen) atoms. The average Bonchev–Trinajstić information content (AvgIpc) is 2.30. The van der Waals surface area contributed by atoms with Crippen LogP contribution in [0.15, 0.2) is 23.0 Å². The molecule has 0 aliphatic heterocycles. The van der Waals surface area contributed by atoms with Crippen LogP contribution in [0.5, 0.6) is 0 Å². The second-order valence-corrected chi connectivity index (χ2v) is 4.80. The molecule has 0 aliphatic carbocycles. The third kappa shape index (κ3) is 2.37. The third-order valence-electron chi connectivity index (χ3n) is 2.03. The minimum atomic E-state index is -0.0144. The maximum absolute atomic E-state index is 11.5. The Balaban J connectivity index is 3.06. The highest BCUT2D eigenvalue weighted by atomic mass is 16.1. The van der Waals surface area contributed by atoms with Gasteiger partial charge in [0.2, 0.25) is 0 Å². The first-order chi connectivity index (χ1) is 6.30. The van der Waals surface area contributed by atoms with E-state index in [2.05, 4.69) is 32.4 Å². The van der Waals surface area contributed by atoms with Crippen molar-refractivity contribution in [3.8, 4) is 0 Å². The summed E-state index contributed by atoms with van der Waals surface area (Å²) in [5, 5.41) is 3.10. The molecule has 0 radical (unpaired) electrons. The molecule has 0 aliphatic rings. The molecule has 0 fully saturated rings. The van der Waals surface area contributed by atoms with E-state index in [4.69, 9.17) is 0 Å². The summed E-state index contributed by atoms with van der Waals surface area (Å²) in [6.45, 7) is 12.5. The van der Waals surface area contributed by atoms with Crippen LogP contribution >= 0.6 is 0 Å². The van der Waals surface area contributed by atoms with E-state index in [1.807, 2.05) is 6.92 Å². The molecule has 0 spiro atoms. The van der Waals surface area contributed by atoms with Gasteiger partial charge in [-0.1, -0.05) is 32.9 Å². The predicted octanol–water partition coefficient (Wildman–Crippen LogP) is 2.05. The largest absolute Gasteiger partial charge is 0.299 e. The van der Waals surface area contributed by atoms with Crippen molar-refractivity contribution in [2.75, 3.05) is 0 Å². The number of hydrogen-bond acceptors (Lipinski definition) is 1. The number of H-pyrrole nitrogens is 1. The van der Waals surface area contributed by atoms with Crippen LogP contribution in [0.1, 0.15) is 33.4 Å². The van der Waals surface area contributed by atoms with E-state index in [1.165, 1.54) is 0 Å². The van der Waals surface area contributed by atoms with E-state index >= 15 is 0 Å². The topological polar surface area (TPSA) is 37.8 Å². The molecular formula is C11H18N2O. The summed E-state index contributed by atoms with van der Waals surface area (Å²) in [4.78, 5) is 11.5.